The number of anilines is 1. The van der Waals surface area contributed by atoms with Crippen LogP contribution in [0.4, 0.5) is 5.69 Å². The number of aryl methyl sites for hydroxylation is 1. The van der Waals surface area contributed by atoms with Crippen molar-refractivity contribution < 1.29 is 4.74 Å². The molecule has 2 aromatic carbocycles. The summed E-state index contributed by atoms with van der Waals surface area (Å²) in [4.78, 5) is 7.27. The van der Waals surface area contributed by atoms with Crippen LogP contribution >= 0.6 is 24.0 Å². The molecular formula is C25H34IN7O. The van der Waals surface area contributed by atoms with Gasteiger partial charge in [-0.2, -0.15) is 0 Å². The van der Waals surface area contributed by atoms with Gasteiger partial charge in [0.25, 0.3) is 0 Å². The number of piperidine rings is 1. The lowest BCUT2D eigenvalue weighted by molar-refractivity contribution is 0.414. The highest BCUT2D eigenvalue weighted by atomic mass is 127. The maximum absolute atomic E-state index is 5.41. The van der Waals surface area contributed by atoms with Crippen molar-refractivity contribution in [3.63, 3.8) is 0 Å². The lowest BCUT2D eigenvalue weighted by Gasteiger charge is -2.35. The number of aliphatic imine (C=N–C) groups is 1. The van der Waals surface area contributed by atoms with Gasteiger partial charge >= 0.3 is 0 Å². The molecule has 0 bridgehead atoms. The number of methoxy groups -OCH3 is 1. The van der Waals surface area contributed by atoms with E-state index < -0.39 is 0 Å². The van der Waals surface area contributed by atoms with Gasteiger partial charge in [0.1, 0.15) is 11.6 Å². The molecule has 1 aliphatic rings. The Kier molecular flexibility index (Phi) is 9.55. The number of rotatable bonds is 7. The smallest absolute Gasteiger partial charge is 0.192 e. The molecule has 2 N–H and O–H groups in total. The Labute approximate surface area is 218 Å². The van der Waals surface area contributed by atoms with Crippen molar-refractivity contribution >= 4 is 35.6 Å². The van der Waals surface area contributed by atoms with Crippen molar-refractivity contribution in [2.75, 3.05) is 25.1 Å². The normalized spacial score (nSPS) is 16.0. The molecule has 8 nitrogen and oxygen atoms in total. The van der Waals surface area contributed by atoms with Crippen LogP contribution in [0.3, 0.4) is 0 Å². The monoisotopic (exact) mass is 575 g/mol. The summed E-state index contributed by atoms with van der Waals surface area (Å²) in [6.45, 7) is 5.06. The van der Waals surface area contributed by atoms with Crippen LogP contribution in [0.15, 0.2) is 59.6 Å². The fourth-order valence-electron chi connectivity index (χ4n) is 4.00. The molecule has 1 saturated heterocycles. The molecule has 0 saturated carbocycles. The zero-order valence-electron chi connectivity index (χ0n) is 20.1. The van der Waals surface area contributed by atoms with E-state index in [0.29, 0.717) is 13.1 Å². The summed E-state index contributed by atoms with van der Waals surface area (Å²) in [5, 5.41) is 15.5. The van der Waals surface area contributed by atoms with Crippen molar-refractivity contribution in [2.24, 2.45) is 12.0 Å². The maximum atomic E-state index is 5.41. The zero-order valence-corrected chi connectivity index (χ0v) is 22.4. The van der Waals surface area contributed by atoms with Crippen molar-refractivity contribution in [1.29, 1.82) is 0 Å². The fraction of sp³-hybridized carbons (Fsp3) is 0.400. The third-order valence-electron chi connectivity index (χ3n) is 6.04. The van der Waals surface area contributed by atoms with E-state index in [4.69, 9.17) is 9.73 Å². The van der Waals surface area contributed by atoms with Gasteiger partial charge in [-0.25, -0.2) is 4.99 Å². The molecule has 1 atom stereocenters. The van der Waals surface area contributed by atoms with E-state index in [1.807, 2.05) is 48.9 Å². The van der Waals surface area contributed by atoms with Gasteiger partial charge in [-0.3, -0.25) is 0 Å². The Morgan fingerprint density at radius 2 is 1.97 bits per heavy atom. The number of nitrogens with one attached hydrogen (secondary N) is 2. The van der Waals surface area contributed by atoms with Crippen molar-refractivity contribution in [1.82, 2.24) is 25.4 Å². The minimum Gasteiger partial charge on any atom is -0.497 e. The van der Waals surface area contributed by atoms with Crippen molar-refractivity contribution in [3.05, 3.63) is 71.8 Å². The Bertz CT molecular complexity index is 1070. The van der Waals surface area contributed by atoms with E-state index in [1.165, 1.54) is 11.3 Å². The molecule has 4 rings (SSSR count). The molecule has 1 unspecified atom stereocenters. The molecule has 34 heavy (non-hydrogen) atoms. The van der Waals surface area contributed by atoms with Crippen molar-refractivity contribution in [3.8, 4) is 5.75 Å². The maximum Gasteiger partial charge on any atom is 0.192 e. The molecule has 0 amide bonds. The van der Waals surface area contributed by atoms with E-state index in [1.54, 1.807) is 7.11 Å². The third kappa shape index (κ3) is 6.85. The molecule has 1 fully saturated rings. The SMILES string of the molecule is COc1cccc(N2CCCC(NC(=NCc3ccccc3)NCc3nnc(C)n3C)C2)c1.I. The highest BCUT2D eigenvalue weighted by molar-refractivity contribution is 14.0. The van der Waals surface area contributed by atoms with E-state index in [9.17, 15) is 0 Å². The minimum absolute atomic E-state index is 0. The summed E-state index contributed by atoms with van der Waals surface area (Å²) in [6, 6.07) is 18.9. The molecule has 3 aromatic rings. The lowest BCUT2D eigenvalue weighted by Crippen LogP contribution is -2.51. The molecule has 0 spiro atoms. The first-order valence-electron chi connectivity index (χ1n) is 11.4. The Morgan fingerprint density at radius 1 is 1.15 bits per heavy atom. The predicted octanol–water partition coefficient (Wildman–Crippen LogP) is 3.65. The van der Waals surface area contributed by atoms with Crippen LogP contribution in [-0.2, 0) is 20.1 Å². The van der Waals surface area contributed by atoms with Gasteiger partial charge < -0.3 is 24.8 Å². The van der Waals surface area contributed by atoms with Crippen LogP contribution in [0, 0.1) is 6.92 Å². The fourth-order valence-corrected chi connectivity index (χ4v) is 4.00. The molecular weight excluding hydrogens is 541 g/mol. The number of ether oxygens (including phenoxy) is 1. The first-order chi connectivity index (χ1) is 16.1. The zero-order chi connectivity index (χ0) is 23.0. The topological polar surface area (TPSA) is 79.6 Å². The summed E-state index contributed by atoms with van der Waals surface area (Å²) in [5.74, 6) is 3.44. The second kappa shape index (κ2) is 12.6. The molecule has 2 heterocycles. The van der Waals surface area contributed by atoms with Crippen LogP contribution in [0.2, 0.25) is 0 Å². The van der Waals surface area contributed by atoms with E-state index in [2.05, 4.69) is 50.0 Å². The number of hydrogen-bond acceptors (Lipinski definition) is 5. The highest BCUT2D eigenvalue weighted by Gasteiger charge is 2.21. The van der Waals surface area contributed by atoms with Crippen molar-refractivity contribution in [2.45, 2.75) is 38.9 Å². The van der Waals surface area contributed by atoms with Gasteiger partial charge in [0, 0.05) is 37.9 Å². The van der Waals surface area contributed by atoms with Crippen LogP contribution in [-0.4, -0.2) is 47.0 Å². The average molecular weight is 575 g/mol. The van der Waals surface area contributed by atoms with Gasteiger partial charge in [0.2, 0.25) is 0 Å². The lowest BCUT2D eigenvalue weighted by atomic mass is 10.0. The first kappa shape index (κ1) is 25.8. The standard InChI is InChI=1S/C25H33N7O.HI/c1-19-29-30-24(31(19)2)17-27-25(26-16-20-9-5-4-6-10-20)28-21-11-8-14-32(18-21)22-12-7-13-23(15-22)33-3;/h4-7,9-10,12-13,15,21H,8,11,14,16-18H2,1-3H3,(H2,26,27,28);1H. The van der Waals surface area contributed by atoms with Gasteiger partial charge in [-0.1, -0.05) is 36.4 Å². The summed E-state index contributed by atoms with van der Waals surface area (Å²) < 4.78 is 7.40. The van der Waals surface area contributed by atoms with E-state index in [-0.39, 0.29) is 30.0 Å². The number of hydrogen-bond donors (Lipinski definition) is 2. The van der Waals surface area contributed by atoms with Gasteiger partial charge in [0.05, 0.1) is 20.2 Å². The minimum atomic E-state index is 0. The summed E-state index contributed by atoms with van der Waals surface area (Å²) >= 11 is 0. The molecule has 182 valence electrons. The van der Waals surface area contributed by atoms with E-state index >= 15 is 0 Å². The summed E-state index contributed by atoms with van der Waals surface area (Å²) in [7, 11) is 3.69. The van der Waals surface area contributed by atoms with Crippen LogP contribution in [0.5, 0.6) is 5.75 Å². The van der Waals surface area contributed by atoms with Gasteiger partial charge in [-0.15, -0.1) is 34.2 Å². The molecule has 0 radical (unpaired) electrons. The van der Waals surface area contributed by atoms with E-state index in [0.717, 1.165) is 49.3 Å². The average Bonchev–Trinajstić information content (AvgIpc) is 3.19. The molecule has 1 aromatic heterocycles. The number of halogens is 1. The Hall–Kier alpha value is -2.82. The molecule has 9 heteroatoms. The second-order valence-corrected chi connectivity index (χ2v) is 8.36. The molecule has 0 aliphatic carbocycles. The number of nitrogens with zero attached hydrogens (tertiary/aromatic N) is 5. The van der Waals surface area contributed by atoms with Crippen LogP contribution in [0.1, 0.15) is 30.1 Å². The Balaban J connectivity index is 0.00000324. The predicted molar refractivity (Wildman–Crippen MR) is 147 cm³/mol. The quantitative estimate of drug-likeness (QED) is 0.255. The largest absolute Gasteiger partial charge is 0.497 e. The third-order valence-corrected chi connectivity index (χ3v) is 6.04. The Morgan fingerprint density at radius 3 is 2.71 bits per heavy atom. The molecule has 1 aliphatic heterocycles. The first-order valence-corrected chi connectivity index (χ1v) is 11.4. The number of aromatic nitrogens is 3. The number of benzene rings is 2. The summed E-state index contributed by atoms with van der Waals surface area (Å²) in [6.07, 6.45) is 2.21. The van der Waals surface area contributed by atoms with Gasteiger partial charge in [0.15, 0.2) is 11.8 Å². The number of guanidine groups is 1. The highest BCUT2D eigenvalue weighted by Crippen LogP contribution is 2.24. The van der Waals surface area contributed by atoms with Crippen LogP contribution in [0.25, 0.3) is 0 Å². The van der Waals surface area contributed by atoms with Gasteiger partial charge in [-0.05, 0) is 37.5 Å². The summed E-state index contributed by atoms with van der Waals surface area (Å²) in [5.41, 5.74) is 2.36. The van der Waals surface area contributed by atoms with Crippen LogP contribution < -0.4 is 20.3 Å². The second-order valence-electron chi connectivity index (χ2n) is 8.36.